The highest BCUT2D eigenvalue weighted by Crippen LogP contribution is 2.36. The molecule has 1 atom stereocenters. The quantitative estimate of drug-likeness (QED) is 0.359. The molecule has 182 valence electrons. The lowest BCUT2D eigenvalue weighted by molar-refractivity contribution is -0.0583. The number of aliphatic hydroxyl groups excluding tert-OH is 1. The molecule has 1 saturated carbocycles. The Labute approximate surface area is 200 Å². The minimum atomic E-state index is -3.69. The number of fused-ring (bicyclic) bond motifs is 1. The van der Waals surface area contributed by atoms with Crippen LogP contribution in [0.15, 0.2) is 30.3 Å². The third kappa shape index (κ3) is 5.37. The Morgan fingerprint density at radius 2 is 2.00 bits per heavy atom. The summed E-state index contributed by atoms with van der Waals surface area (Å²) in [6, 6.07) is 6.32. The molecular weight excluding hydrogens is 471 g/mol. The van der Waals surface area contributed by atoms with Crippen molar-refractivity contribution in [2.45, 2.75) is 44.8 Å². The van der Waals surface area contributed by atoms with Gasteiger partial charge in [-0.3, -0.25) is 0 Å². The molecule has 6 nitrogen and oxygen atoms in total. The Hall–Kier alpha value is -2.62. The lowest BCUT2D eigenvalue weighted by Gasteiger charge is -2.21. The van der Waals surface area contributed by atoms with Crippen LogP contribution in [0.2, 0.25) is 5.02 Å². The fourth-order valence-corrected chi connectivity index (χ4v) is 3.82. The van der Waals surface area contributed by atoms with Crippen molar-refractivity contribution in [2.24, 2.45) is 0 Å². The summed E-state index contributed by atoms with van der Waals surface area (Å²) in [5, 5.41) is 13.0. The molecule has 1 aromatic heterocycles. The molecule has 1 heterocycles. The molecule has 2 N–H and O–H groups in total. The van der Waals surface area contributed by atoms with Gasteiger partial charge in [-0.1, -0.05) is 23.7 Å². The normalized spacial score (nSPS) is 14.9. The number of alkyl halides is 2. The number of nitrogens with one attached hydrogen (secondary N) is 1. The summed E-state index contributed by atoms with van der Waals surface area (Å²) in [4.78, 5) is 8.83. The number of anilines is 1. The van der Waals surface area contributed by atoms with E-state index in [-0.39, 0.29) is 5.56 Å². The van der Waals surface area contributed by atoms with Gasteiger partial charge in [0, 0.05) is 10.9 Å². The van der Waals surface area contributed by atoms with Crippen LogP contribution in [0, 0.1) is 12.7 Å². The zero-order valence-electron chi connectivity index (χ0n) is 18.7. The van der Waals surface area contributed by atoms with Crippen LogP contribution in [0.25, 0.3) is 10.9 Å². The van der Waals surface area contributed by atoms with Crippen LogP contribution in [0.1, 0.15) is 42.8 Å². The Morgan fingerprint density at radius 3 is 2.71 bits per heavy atom. The first-order chi connectivity index (χ1) is 16.2. The van der Waals surface area contributed by atoms with Crippen molar-refractivity contribution >= 4 is 28.3 Å². The van der Waals surface area contributed by atoms with Gasteiger partial charge in [-0.2, -0.15) is 8.78 Å². The molecule has 0 saturated heterocycles. The number of aryl methyl sites for hydroxylation is 1. The van der Waals surface area contributed by atoms with Gasteiger partial charge in [-0.25, -0.2) is 14.4 Å². The van der Waals surface area contributed by atoms with Crippen LogP contribution in [0.3, 0.4) is 0 Å². The Morgan fingerprint density at radius 1 is 1.24 bits per heavy atom. The highest BCUT2D eigenvalue weighted by molar-refractivity contribution is 6.32. The minimum absolute atomic E-state index is 0.0118. The predicted molar refractivity (Wildman–Crippen MR) is 123 cm³/mol. The average molecular weight is 496 g/mol. The molecule has 1 aliphatic carbocycles. The smallest absolute Gasteiger partial charge is 0.298 e. The van der Waals surface area contributed by atoms with Crippen molar-refractivity contribution in [3.8, 4) is 5.75 Å². The molecule has 10 heteroatoms. The van der Waals surface area contributed by atoms with Crippen molar-refractivity contribution in [2.75, 3.05) is 25.1 Å². The van der Waals surface area contributed by atoms with E-state index in [1.165, 1.54) is 12.1 Å². The predicted octanol–water partition coefficient (Wildman–Crippen LogP) is 5.55. The molecule has 0 bridgehead atoms. The fourth-order valence-electron chi connectivity index (χ4n) is 3.60. The zero-order valence-corrected chi connectivity index (χ0v) is 19.5. The van der Waals surface area contributed by atoms with E-state index in [0.29, 0.717) is 52.6 Å². The Bertz CT molecular complexity index is 1190. The molecule has 0 radical (unpaired) electrons. The molecular formula is C24H25ClF3N3O3. The summed E-state index contributed by atoms with van der Waals surface area (Å²) in [5.41, 5.74) is -0.298. The second kappa shape index (κ2) is 9.93. The number of benzene rings is 2. The van der Waals surface area contributed by atoms with E-state index in [0.717, 1.165) is 18.9 Å². The van der Waals surface area contributed by atoms with Crippen molar-refractivity contribution in [1.82, 2.24) is 9.97 Å². The van der Waals surface area contributed by atoms with Crippen LogP contribution in [-0.2, 0) is 10.7 Å². The number of rotatable bonds is 10. The van der Waals surface area contributed by atoms with Gasteiger partial charge in [0.05, 0.1) is 34.9 Å². The van der Waals surface area contributed by atoms with Gasteiger partial charge in [0.25, 0.3) is 5.92 Å². The van der Waals surface area contributed by atoms with Gasteiger partial charge in [-0.05, 0) is 44.9 Å². The van der Waals surface area contributed by atoms with Crippen LogP contribution >= 0.6 is 11.6 Å². The summed E-state index contributed by atoms with van der Waals surface area (Å²) >= 11 is 6.37. The summed E-state index contributed by atoms with van der Waals surface area (Å²) < 4.78 is 54.2. The van der Waals surface area contributed by atoms with Gasteiger partial charge in [0.15, 0.2) is 0 Å². The Balaban J connectivity index is 1.61. The van der Waals surface area contributed by atoms with Gasteiger partial charge in [-0.15, -0.1) is 0 Å². The molecule has 1 aliphatic rings. The number of hydrogen-bond donors (Lipinski definition) is 2. The number of ether oxygens (including phenoxy) is 2. The summed E-state index contributed by atoms with van der Waals surface area (Å²) in [7, 11) is 0. The molecule has 4 rings (SSSR count). The monoisotopic (exact) mass is 495 g/mol. The van der Waals surface area contributed by atoms with E-state index in [1.807, 2.05) is 0 Å². The van der Waals surface area contributed by atoms with E-state index in [1.54, 1.807) is 26.0 Å². The molecule has 0 spiro atoms. The minimum Gasteiger partial charge on any atom is -0.490 e. The molecule has 1 fully saturated rings. The third-order valence-electron chi connectivity index (χ3n) is 5.52. The maximum Gasteiger partial charge on any atom is 0.298 e. The SMILES string of the molecule is Cc1nc(N[C@H](C)c2cccc(C(F)(F)CO)c2F)c2cc(OCCOC3CC3)c(Cl)cc2n1. The molecule has 0 amide bonds. The standard InChI is InChI=1S/C24H25ClF3N3O3/c1-13(16-4-3-5-18(22(16)26)24(27,28)12-32)29-23-17-10-21(34-9-8-33-15-6-7-15)19(25)11-20(17)30-14(2)31-23/h3-5,10-11,13,15,32H,6-9,12H2,1-2H3,(H,29,30,31)/t13-/m1/s1. The topological polar surface area (TPSA) is 76.5 Å². The van der Waals surface area contributed by atoms with Gasteiger partial charge in [0.2, 0.25) is 0 Å². The largest absolute Gasteiger partial charge is 0.490 e. The van der Waals surface area contributed by atoms with Crippen molar-refractivity contribution in [1.29, 1.82) is 0 Å². The second-order valence-corrected chi connectivity index (χ2v) is 8.68. The van der Waals surface area contributed by atoms with Crippen molar-refractivity contribution in [3.05, 3.63) is 58.1 Å². The van der Waals surface area contributed by atoms with Crippen LogP contribution in [0.4, 0.5) is 19.0 Å². The molecule has 3 aromatic rings. The zero-order chi connectivity index (χ0) is 24.5. The van der Waals surface area contributed by atoms with Crippen molar-refractivity contribution in [3.63, 3.8) is 0 Å². The first-order valence-corrected chi connectivity index (χ1v) is 11.3. The van der Waals surface area contributed by atoms with E-state index in [2.05, 4.69) is 15.3 Å². The first-order valence-electron chi connectivity index (χ1n) is 11.0. The van der Waals surface area contributed by atoms with Crippen LogP contribution in [0.5, 0.6) is 5.75 Å². The lowest BCUT2D eigenvalue weighted by Crippen LogP contribution is -2.22. The summed E-state index contributed by atoms with van der Waals surface area (Å²) in [5.74, 6) is -3.52. The first kappa shape index (κ1) is 24.5. The highest BCUT2D eigenvalue weighted by atomic mass is 35.5. The van der Waals surface area contributed by atoms with Crippen LogP contribution in [-0.4, -0.2) is 41.0 Å². The summed E-state index contributed by atoms with van der Waals surface area (Å²) in [6.45, 7) is 2.61. The summed E-state index contributed by atoms with van der Waals surface area (Å²) in [6.07, 6.45) is 2.46. The highest BCUT2D eigenvalue weighted by Gasteiger charge is 2.35. The molecule has 2 aromatic carbocycles. The maximum atomic E-state index is 14.9. The fraction of sp³-hybridized carbons (Fsp3) is 0.417. The average Bonchev–Trinajstić information content (AvgIpc) is 3.61. The number of aliphatic hydroxyl groups is 1. The van der Waals surface area contributed by atoms with E-state index >= 15 is 0 Å². The number of halogens is 4. The molecule has 0 aliphatic heterocycles. The van der Waals surface area contributed by atoms with Crippen molar-refractivity contribution < 1.29 is 27.8 Å². The second-order valence-electron chi connectivity index (χ2n) is 8.28. The maximum absolute atomic E-state index is 14.9. The molecule has 34 heavy (non-hydrogen) atoms. The van der Waals surface area contributed by atoms with Gasteiger partial charge >= 0.3 is 0 Å². The number of nitrogens with zero attached hydrogens (tertiary/aromatic N) is 2. The van der Waals surface area contributed by atoms with E-state index < -0.39 is 30.0 Å². The van der Waals surface area contributed by atoms with E-state index in [4.69, 9.17) is 26.2 Å². The van der Waals surface area contributed by atoms with Crippen LogP contribution < -0.4 is 10.1 Å². The molecule has 0 unspecified atom stereocenters. The number of aromatic nitrogens is 2. The Kier molecular flexibility index (Phi) is 7.16. The van der Waals surface area contributed by atoms with Gasteiger partial charge < -0.3 is 19.9 Å². The number of hydrogen-bond acceptors (Lipinski definition) is 6. The lowest BCUT2D eigenvalue weighted by atomic mass is 10.00. The van der Waals surface area contributed by atoms with Gasteiger partial charge in [0.1, 0.15) is 36.4 Å². The van der Waals surface area contributed by atoms with E-state index in [9.17, 15) is 13.2 Å². The third-order valence-corrected chi connectivity index (χ3v) is 5.82.